The first kappa shape index (κ1) is 12.7. The minimum atomic E-state index is -0.272. The number of hydrogen-bond donors (Lipinski definition) is 2. The number of nitrogens with one attached hydrogen (secondary N) is 2. The second-order valence-corrected chi connectivity index (χ2v) is 4.60. The lowest BCUT2D eigenvalue weighted by atomic mass is 10.0. The van der Waals surface area contributed by atoms with Crippen LogP contribution in [0.4, 0.5) is 5.00 Å². The molecule has 2 heterocycles. The fourth-order valence-electron chi connectivity index (χ4n) is 1.81. The van der Waals surface area contributed by atoms with Gasteiger partial charge in [-0.3, -0.25) is 0 Å². The molecule has 0 atom stereocenters. The van der Waals surface area contributed by atoms with E-state index in [2.05, 4.69) is 16.7 Å². The fourth-order valence-corrected chi connectivity index (χ4v) is 2.73. The van der Waals surface area contributed by atoms with Crippen molar-refractivity contribution in [3.8, 4) is 0 Å². The third-order valence-electron chi connectivity index (χ3n) is 2.63. The summed E-state index contributed by atoms with van der Waals surface area (Å²) in [5.41, 5.74) is 2.61. The molecule has 1 aliphatic heterocycles. The average Bonchev–Trinajstić information content (AvgIpc) is 2.84. The smallest absolute Gasteiger partial charge is 0.341 e. The molecule has 96 valence electrons. The highest BCUT2D eigenvalue weighted by Crippen LogP contribution is 2.34. The number of carbonyl (C=O) groups is 1. The number of anilines is 1. The maximum absolute atomic E-state index is 12.0. The van der Waals surface area contributed by atoms with Gasteiger partial charge in [0.25, 0.3) is 0 Å². The van der Waals surface area contributed by atoms with E-state index in [1.165, 1.54) is 11.3 Å². The van der Waals surface area contributed by atoms with Crippen LogP contribution in [0.25, 0.3) is 5.57 Å². The van der Waals surface area contributed by atoms with Crippen molar-refractivity contribution < 1.29 is 9.53 Å². The van der Waals surface area contributed by atoms with Gasteiger partial charge in [0.15, 0.2) is 0 Å². The zero-order valence-electron chi connectivity index (χ0n) is 10.4. The van der Waals surface area contributed by atoms with Crippen LogP contribution in [-0.4, -0.2) is 26.2 Å². The van der Waals surface area contributed by atoms with Gasteiger partial charge in [0, 0.05) is 24.5 Å². The summed E-state index contributed by atoms with van der Waals surface area (Å²) in [7, 11) is 1.81. The third-order valence-corrected chi connectivity index (χ3v) is 3.63. The Morgan fingerprint density at radius 2 is 2.44 bits per heavy atom. The molecule has 0 amide bonds. The Labute approximate surface area is 110 Å². The lowest BCUT2D eigenvalue weighted by Gasteiger charge is -2.10. The summed E-state index contributed by atoms with van der Waals surface area (Å²) in [6, 6.07) is 0. The molecular weight excluding hydrogens is 248 g/mol. The Balaban J connectivity index is 2.41. The van der Waals surface area contributed by atoms with Gasteiger partial charge in [0.05, 0.1) is 6.61 Å². The van der Waals surface area contributed by atoms with E-state index in [-0.39, 0.29) is 5.97 Å². The molecule has 0 aliphatic carbocycles. The number of allylic oxidation sites excluding steroid dienone is 2. The van der Waals surface area contributed by atoms with E-state index in [9.17, 15) is 4.79 Å². The van der Waals surface area contributed by atoms with Crippen molar-refractivity contribution in [2.75, 3.05) is 25.5 Å². The topological polar surface area (TPSA) is 50.4 Å². The van der Waals surface area contributed by atoms with Gasteiger partial charge in [0.1, 0.15) is 10.6 Å². The van der Waals surface area contributed by atoms with E-state index in [4.69, 9.17) is 4.74 Å². The largest absolute Gasteiger partial charge is 0.462 e. The first-order valence-corrected chi connectivity index (χ1v) is 6.72. The molecule has 1 aromatic rings. The van der Waals surface area contributed by atoms with Crippen LogP contribution in [0.15, 0.2) is 23.7 Å². The van der Waals surface area contributed by atoms with Crippen LogP contribution in [0.5, 0.6) is 0 Å². The molecule has 0 fully saturated rings. The first-order chi connectivity index (χ1) is 8.77. The molecule has 1 aromatic heterocycles. The van der Waals surface area contributed by atoms with Crippen molar-refractivity contribution >= 4 is 27.9 Å². The molecule has 0 saturated carbocycles. The van der Waals surface area contributed by atoms with Gasteiger partial charge in [-0.2, -0.15) is 0 Å². The Bertz CT molecular complexity index is 503. The molecule has 4 nitrogen and oxygen atoms in total. The highest BCUT2D eigenvalue weighted by molar-refractivity contribution is 7.14. The van der Waals surface area contributed by atoms with Gasteiger partial charge >= 0.3 is 5.97 Å². The maximum atomic E-state index is 12.0. The SMILES string of the molecule is CCOC(=O)c1c(C2=CCNC=C2)csc1NC. The molecule has 2 N–H and O–H groups in total. The molecule has 0 saturated heterocycles. The van der Waals surface area contributed by atoms with E-state index >= 15 is 0 Å². The number of rotatable bonds is 4. The van der Waals surface area contributed by atoms with E-state index in [1.54, 1.807) is 0 Å². The number of thiophene rings is 1. The van der Waals surface area contributed by atoms with Gasteiger partial charge in [-0.1, -0.05) is 6.08 Å². The molecule has 0 aromatic carbocycles. The molecule has 18 heavy (non-hydrogen) atoms. The Hall–Kier alpha value is -1.75. The number of carbonyl (C=O) groups excluding carboxylic acids is 1. The monoisotopic (exact) mass is 264 g/mol. The minimum Gasteiger partial charge on any atom is -0.462 e. The summed E-state index contributed by atoms with van der Waals surface area (Å²) in [5, 5.41) is 8.97. The zero-order valence-corrected chi connectivity index (χ0v) is 11.3. The highest BCUT2D eigenvalue weighted by Gasteiger charge is 2.21. The van der Waals surface area contributed by atoms with Gasteiger partial charge in [-0.25, -0.2) is 4.79 Å². The zero-order chi connectivity index (χ0) is 13.0. The van der Waals surface area contributed by atoms with Crippen LogP contribution in [0.3, 0.4) is 0 Å². The van der Waals surface area contributed by atoms with Crippen molar-refractivity contribution in [2.45, 2.75) is 6.92 Å². The first-order valence-electron chi connectivity index (χ1n) is 5.84. The summed E-state index contributed by atoms with van der Waals surface area (Å²) in [4.78, 5) is 12.0. The molecule has 0 radical (unpaired) electrons. The predicted octanol–water partition coefficient (Wildman–Crippen LogP) is 2.47. The Morgan fingerprint density at radius 1 is 1.61 bits per heavy atom. The highest BCUT2D eigenvalue weighted by atomic mass is 32.1. The Morgan fingerprint density at radius 3 is 3.06 bits per heavy atom. The predicted molar refractivity (Wildman–Crippen MR) is 74.9 cm³/mol. The van der Waals surface area contributed by atoms with Crippen molar-refractivity contribution in [3.63, 3.8) is 0 Å². The van der Waals surface area contributed by atoms with Gasteiger partial charge < -0.3 is 15.4 Å². The van der Waals surface area contributed by atoms with E-state index < -0.39 is 0 Å². The van der Waals surface area contributed by atoms with Crippen molar-refractivity contribution in [2.24, 2.45) is 0 Å². The summed E-state index contributed by atoms with van der Waals surface area (Å²) in [6.07, 6.45) is 5.92. The molecule has 0 spiro atoms. The maximum Gasteiger partial charge on any atom is 0.341 e. The number of dihydropyridines is 1. The van der Waals surface area contributed by atoms with Gasteiger partial charge in [-0.15, -0.1) is 11.3 Å². The summed E-state index contributed by atoms with van der Waals surface area (Å²) >= 11 is 1.52. The third kappa shape index (κ3) is 2.41. The van der Waals surface area contributed by atoms with Crippen LogP contribution >= 0.6 is 11.3 Å². The molecule has 1 aliphatic rings. The molecule has 5 heteroatoms. The molecule has 0 bridgehead atoms. The van der Waals surface area contributed by atoms with Crippen molar-refractivity contribution in [3.05, 3.63) is 34.9 Å². The fraction of sp³-hybridized carbons (Fsp3) is 0.308. The summed E-state index contributed by atoms with van der Waals surface area (Å²) in [6.45, 7) is 2.97. The average molecular weight is 264 g/mol. The quantitative estimate of drug-likeness (QED) is 0.820. The summed E-state index contributed by atoms with van der Waals surface area (Å²) in [5.74, 6) is -0.272. The minimum absolute atomic E-state index is 0.272. The van der Waals surface area contributed by atoms with Crippen LogP contribution in [0.2, 0.25) is 0 Å². The van der Waals surface area contributed by atoms with Crippen LogP contribution in [0, 0.1) is 0 Å². The number of esters is 1. The molecule has 0 unspecified atom stereocenters. The van der Waals surface area contributed by atoms with E-state index in [0.717, 1.165) is 22.7 Å². The van der Waals surface area contributed by atoms with Gasteiger partial charge in [0.2, 0.25) is 0 Å². The van der Waals surface area contributed by atoms with Gasteiger partial charge in [-0.05, 0) is 24.8 Å². The van der Waals surface area contributed by atoms with E-state index in [0.29, 0.717) is 12.2 Å². The van der Waals surface area contributed by atoms with Crippen LogP contribution < -0.4 is 10.6 Å². The summed E-state index contributed by atoms with van der Waals surface area (Å²) < 4.78 is 5.12. The molecule has 2 rings (SSSR count). The number of hydrogen-bond acceptors (Lipinski definition) is 5. The second-order valence-electron chi connectivity index (χ2n) is 3.73. The standard InChI is InChI=1S/C13H16N2O2S/c1-3-17-13(16)11-10(8-18-12(11)14-2)9-4-6-15-7-5-9/h4-6,8,14-15H,3,7H2,1-2H3. The Kier molecular flexibility index (Phi) is 4.04. The van der Waals surface area contributed by atoms with Crippen molar-refractivity contribution in [1.29, 1.82) is 0 Å². The lowest BCUT2D eigenvalue weighted by Crippen LogP contribution is -2.11. The normalized spacial score (nSPS) is 13.8. The van der Waals surface area contributed by atoms with Crippen molar-refractivity contribution in [1.82, 2.24) is 5.32 Å². The second kappa shape index (κ2) is 5.73. The molecular formula is C13H16N2O2S. The number of ether oxygens (including phenoxy) is 1. The van der Waals surface area contributed by atoms with Crippen LogP contribution in [-0.2, 0) is 4.74 Å². The van der Waals surface area contributed by atoms with E-state index in [1.807, 2.05) is 31.6 Å². The lowest BCUT2D eigenvalue weighted by molar-refractivity contribution is 0.0528. The van der Waals surface area contributed by atoms with Crippen LogP contribution in [0.1, 0.15) is 22.8 Å².